The van der Waals surface area contributed by atoms with Crippen molar-refractivity contribution in [1.82, 2.24) is 0 Å². The van der Waals surface area contributed by atoms with E-state index in [1.165, 1.54) is 13.5 Å². The van der Waals surface area contributed by atoms with Gasteiger partial charge < -0.3 is 15.4 Å². The highest BCUT2D eigenvalue weighted by Gasteiger charge is 2.23. The van der Waals surface area contributed by atoms with E-state index >= 15 is 0 Å². The molecular weight excluding hydrogens is 376 g/mol. The molecule has 2 aromatic rings. The third kappa shape index (κ3) is 4.65. The summed E-state index contributed by atoms with van der Waals surface area (Å²) in [6.45, 7) is 2.01. The molecule has 1 atom stereocenters. The summed E-state index contributed by atoms with van der Waals surface area (Å²) in [4.78, 5) is 26.2. The predicted molar refractivity (Wildman–Crippen MR) is 111 cm³/mol. The molecule has 2 aromatic carbocycles. The Labute approximate surface area is 170 Å². The zero-order valence-corrected chi connectivity index (χ0v) is 16.7. The normalized spacial score (nSPS) is 15.1. The number of benzene rings is 2. The van der Waals surface area contributed by atoms with Crippen LogP contribution in [0.15, 0.2) is 42.5 Å². The van der Waals surface area contributed by atoms with Gasteiger partial charge in [0.2, 0.25) is 5.91 Å². The van der Waals surface area contributed by atoms with Crippen LogP contribution >= 0.6 is 11.6 Å². The number of nitrogens with zero attached hydrogens (tertiary/aromatic N) is 1. The lowest BCUT2D eigenvalue weighted by Gasteiger charge is -2.31. The van der Waals surface area contributed by atoms with Crippen molar-refractivity contribution in [2.75, 3.05) is 25.1 Å². The van der Waals surface area contributed by atoms with E-state index in [9.17, 15) is 9.59 Å². The van der Waals surface area contributed by atoms with E-state index in [4.69, 9.17) is 22.1 Å². The van der Waals surface area contributed by atoms with Gasteiger partial charge in [0.15, 0.2) is 0 Å². The Bertz CT molecular complexity index is 845. The minimum atomic E-state index is -0.506. The minimum Gasteiger partial charge on any atom is -0.465 e. The number of piperidine rings is 1. The molecule has 1 unspecified atom stereocenters. The number of anilines is 1. The standard InChI is InChI=1S/C22H25ClN2O3/c1-28-22(27)16-7-5-15(6-8-16)19(21(24)26)14-17-13-18(23)9-10-20(17)25-11-3-2-4-12-25/h5-10,13,19H,2-4,11-12,14H2,1H3,(H2,24,26). The number of esters is 1. The molecule has 1 amide bonds. The minimum absolute atomic E-state index is 0.407. The van der Waals surface area contributed by atoms with Gasteiger partial charge in [-0.05, 0) is 67.1 Å². The zero-order chi connectivity index (χ0) is 20.1. The van der Waals surface area contributed by atoms with Gasteiger partial charge in [0.25, 0.3) is 0 Å². The van der Waals surface area contributed by atoms with Crippen molar-refractivity contribution in [3.8, 4) is 0 Å². The topological polar surface area (TPSA) is 72.6 Å². The molecule has 0 saturated carbocycles. The Morgan fingerprint density at radius 3 is 2.39 bits per heavy atom. The molecule has 28 heavy (non-hydrogen) atoms. The van der Waals surface area contributed by atoms with Crippen molar-refractivity contribution in [3.05, 3.63) is 64.2 Å². The van der Waals surface area contributed by atoms with Gasteiger partial charge in [-0.25, -0.2) is 4.79 Å². The van der Waals surface area contributed by atoms with Crippen LogP contribution in [-0.2, 0) is 16.0 Å². The van der Waals surface area contributed by atoms with E-state index in [2.05, 4.69) is 4.90 Å². The number of carbonyl (C=O) groups is 2. The Hall–Kier alpha value is -2.53. The Balaban J connectivity index is 1.89. The quantitative estimate of drug-likeness (QED) is 0.745. The number of nitrogens with two attached hydrogens (primary N) is 1. The average molecular weight is 401 g/mol. The van der Waals surface area contributed by atoms with Crippen LogP contribution < -0.4 is 10.6 Å². The Morgan fingerprint density at radius 1 is 1.11 bits per heavy atom. The van der Waals surface area contributed by atoms with E-state index in [0.29, 0.717) is 17.0 Å². The second-order valence-electron chi connectivity index (χ2n) is 7.09. The third-order valence-electron chi connectivity index (χ3n) is 5.24. The second kappa shape index (κ2) is 9.11. The number of rotatable bonds is 6. The van der Waals surface area contributed by atoms with Crippen LogP contribution in [0.3, 0.4) is 0 Å². The summed E-state index contributed by atoms with van der Waals surface area (Å²) in [7, 11) is 1.34. The van der Waals surface area contributed by atoms with Gasteiger partial charge in [0.05, 0.1) is 18.6 Å². The number of ether oxygens (including phenoxy) is 1. The van der Waals surface area contributed by atoms with Crippen molar-refractivity contribution in [1.29, 1.82) is 0 Å². The highest BCUT2D eigenvalue weighted by atomic mass is 35.5. The van der Waals surface area contributed by atoms with Crippen molar-refractivity contribution < 1.29 is 14.3 Å². The van der Waals surface area contributed by atoms with Gasteiger partial charge >= 0.3 is 5.97 Å². The molecule has 6 heteroatoms. The summed E-state index contributed by atoms with van der Waals surface area (Å²) >= 11 is 6.25. The third-order valence-corrected chi connectivity index (χ3v) is 5.48. The lowest BCUT2D eigenvalue weighted by Crippen LogP contribution is -2.31. The molecule has 0 aliphatic carbocycles. The SMILES string of the molecule is COC(=O)c1ccc(C(Cc2cc(Cl)ccc2N2CCCCC2)C(N)=O)cc1. The number of primary amides is 1. The maximum atomic E-state index is 12.2. The highest BCUT2D eigenvalue weighted by Crippen LogP contribution is 2.31. The number of amides is 1. The summed E-state index contributed by atoms with van der Waals surface area (Å²) in [5.74, 6) is -1.33. The van der Waals surface area contributed by atoms with E-state index in [-0.39, 0.29) is 0 Å². The second-order valence-corrected chi connectivity index (χ2v) is 7.53. The summed E-state index contributed by atoms with van der Waals surface area (Å²) in [6.07, 6.45) is 4.03. The molecule has 5 nitrogen and oxygen atoms in total. The first-order chi connectivity index (χ1) is 13.5. The van der Waals surface area contributed by atoms with Gasteiger partial charge in [-0.15, -0.1) is 0 Å². The molecule has 0 bridgehead atoms. The van der Waals surface area contributed by atoms with Crippen molar-refractivity contribution in [2.24, 2.45) is 5.73 Å². The molecule has 1 heterocycles. The smallest absolute Gasteiger partial charge is 0.337 e. The van der Waals surface area contributed by atoms with Crippen molar-refractivity contribution in [2.45, 2.75) is 31.6 Å². The van der Waals surface area contributed by atoms with Crippen LogP contribution in [-0.4, -0.2) is 32.1 Å². The molecular formula is C22H25ClN2O3. The molecule has 2 N–H and O–H groups in total. The van der Waals surface area contributed by atoms with Crippen LogP contribution in [0.4, 0.5) is 5.69 Å². The molecule has 0 radical (unpaired) electrons. The average Bonchev–Trinajstić information content (AvgIpc) is 2.72. The maximum Gasteiger partial charge on any atom is 0.337 e. The summed E-state index contributed by atoms with van der Waals surface area (Å²) < 4.78 is 4.73. The highest BCUT2D eigenvalue weighted by molar-refractivity contribution is 6.30. The number of methoxy groups -OCH3 is 1. The monoisotopic (exact) mass is 400 g/mol. The first-order valence-electron chi connectivity index (χ1n) is 9.50. The molecule has 0 aromatic heterocycles. The lowest BCUT2D eigenvalue weighted by atomic mass is 9.89. The molecule has 1 aliphatic rings. The van der Waals surface area contributed by atoms with Gasteiger partial charge in [-0.1, -0.05) is 23.7 Å². The van der Waals surface area contributed by atoms with Gasteiger partial charge in [-0.3, -0.25) is 4.79 Å². The van der Waals surface area contributed by atoms with Crippen LogP contribution in [0.2, 0.25) is 5.02 Å². The molecule has 1 fully saturated rings. The van der Waals surface area contributed by atoms with E-state index < -0.39 is 17.8 Å². The fourth-order valence-electron chi connectivity index (χ4n) is 3.73. The van der Waals surface area contributed by atoms with Gasteiger partial charge in [0, 0.05) is 23.8 Å². The lowest BCUT2D eigenvalue weighted by molar-refractivity contribution is -0.119. The van der Waals surface area contributed by atoms with E-state index in [1.807, 2.05) is 18.2 Å². The van der Waals surface area contributed by atoms with Crippen molar-refractivity contribution >= 4 is 29.2 Å². The van der Waals surface area contributed by atoms with Gasteiger partial charge in [-0.2, -0.15) is 0 Å². The largest absolute Gasteiger partial charge is 0.465 e. The van der Waals surface area contributed by atoms with Crippen LogP contribution in [0.25, 0.3) is 0 Å². The van der Waals surface area contributed by atoms with E-state index in [1.54, 1.807) is 24.3 Å². The first-order valence-corrected chi connectivity index (χ1v) is 9.88. The number of hydrogen-bond acceptors (Lipinski definition) is 4. The van der Waals surface area contributed by atoms with E-state index in [0.717, 1.165) is 42.7 Å². The van der Waals surface area contributed by atoms with Crippen LogP contribution in [0, 0.1) is 0 Å². The number of carbonyl (C=O) groups excluding carboxylic acids is 2. The van der Waals surface area contributed by atoms with Crippen molar-refractivity contribution in [3.63, 3.8) is 0 Å². The summed E-state index contributed by atoms with van der Waals surface area (Å²) in [5, 5.41) is 0.639. The maximum absolute atomic E-state index is 12.2. The van der Waals surface area contributed by atoms with Gasteiger partial charge in [0.1, 0.15) is 0 Å². The fraction of sp³-hybridized carbons (Fsp3) is 0.364. The zero-order valence-electron chi connectivity index (χ0n) is 16.0. The summed E-state index contributed by atoms with van der Waals surface area (Å²) in [5.41, 5.74) is 9.06. The molecule has 0 spiro atoms. The number of halogens is 1. The molecule has 1 aliphatic heterocycles. The van der Waals surface area contributed by atoms with Crippen LogP contribution in [0.5, 0.6) is 0 Å². The Kier molecular flexibility index (Phi) is 6.57. The predicted octanol–water partition coefficient (Wildman–Crippen LogP) is 3.93. The Morgan fingerprint density at radius 2 is 1.79 bits per heavy atom. The first kappa shape index (κ1) is 20.2. The number of hydrogen-bond donors (Lipinski definition) is 1. The molecule has 3 rings (SSSR count). The summed E-state index contributed by atoms with van der Waals surface area (Å²) in [6, 6.07) is 12.7. The molecule has 148 valence electrons. The fourth-order valence-corrected chi connectivity index (χ4v) is 3.93. The molecule has 1 saturated heterocycles. The van der Waals surface area contributed by atoms with Crippen LogP contribution in [0.1, 0.15) is 46.7 Å².